The maximum absolute atomic E-state index is 5.04. The van der Waals surface area contributed by atoms with Gasteiger partial charge < -0.3 is 20.4 Å². The second kappa shape index (κ2) is 10.5. The van der Waals surface area contributed by atoms with E-state index in [1.165, 1.54) is 22.2 Å². The van der Waals surface area contributed by atoms with E-state index in [0.29, 0.717) is 0 Å². The van der Waals surface area contributed by atoms with Crippen molar-refractivity contribution in [3.8, 4) is 0 Å². The van der Waals surface area contributed by atoms with Gasteiger partial charge in [-0.1, -0.05) is 18.2 Å². The molecule has 0 atom stereocenters. The molecule has 0 saturated heterocycles. The van der Waals surface area contributed by atoms with Crippen molar-refractivity contribution in [2.45, 2.75) is 19.8 Å². The molecular weight excluding hydrogens is 403 g/mol. The Hall–Kier alpha value is -1.28. The summed E-state index contributed by atoms with van der Waals surface area (Å²) < 4.78 is 5.04. The van der Waals surface area contributed by atoms with Crippen LogP contribution in [0.4, 0.5) is 0 Å². The van der Waals surface area contributed by atoms with E-state index in [2.05, 4.69) is 51.8 Å². The molecule has 2 aromatic rings. The average Bonchev–Trinajstić information content (AvgIpc) is 2.85. The van der Waals surface area contributed by atoms with Gasteiger partial charge in [-0.25, -0.2) is 0 Å². The van der Waals surface area contributed by atoms with Gasteiger partial charge in [0.2, 0.25) is 0 Å². The molecule has 0 amide bonds. The number of fused-ring (bicyclic) bond motifs is 1. The Labute approximate surface area is 155 Å². The third kappa shape index (κ3) is 5.69. The second-order valence-corrected chi connectivity index (χ2v) is 5.30. The third-order valence-electron chi connectivity index (χ3n) is 3.74. The third-order valence-corrected chi connectivity index (χ3v) is 3.74. The van der Waals surface area contributed by atoms with Crippen molar-refractivity contribution in [2.24, 2.45) is 4.99 Å². The Balaban J connectivity index is 0.00000264. The summed E-state index contributed by atoms with van der Waals surface area (Å²) in [6, 6.07) is 8.44. The SMILES string of the molecule is CN=C(NCCCOC)NCCc1c(C)[nH]c2ccccc12.I. The van der Waals surface area contributed by atoms with Crippen molar-refractivity contribution in [3.05, 3.63) is 35.5 Å². The summed E-state index contributed by atoms with van der Waals surface area (Å²) in [5, 5.41) is 7.96. The van der Waals surface area contributed by atoms with Gasteiger partial charge in [-0.2, -0.15) is 0 Å². The van der Waals surface area contributed by atoms with Crippen LogP contribution < -0.4 is 10.6 Å². The van der Waals surface area contributed by atoms with E-state index in [9.17, 15) is 0 Å². The molecule has 0 aliphatic heterocycles. The number of aromatic nitrogens is 1. The zero-order valence-corrected chi connectivity index (χ0v) is 16.4. The van der Waals surface area contributed by atoms with Crippen LogP contribution in [0.1, 0.15) is 17.7 Å². The number of ether oxygens (including phenoxy) is 1. The molecule has 3 N–H and O–H groups in total. The first-order valence-electron chi connectivity index (χ1n) is 7.76. The number of methoxy groups -OCH3 is 1. The Kier molecular flexibility index (Phi) is 9.01. The smallest absolute Gasteiger partial charge is 0.190 e. The molecule has 0 spiro atoms. The number of hydrogen-bond donors (Lipinski definition) is 3. The molecule has 0 unspecified atom stereocenters. The summed E-state index contributed by atoms with van der Waals surface area (Å²) in [6.45, 7) is 4.61. The van der Waals surface area contributed by atoms with Gasteiger partial charge in [0.1, 0.15) is 0 Å². The van der Waals surface area contributed by atoms with Crippen LogP contribution in [-0.4, -0.2) is 44.8 Å². The number of H-pyrrole nitrogens is 1. The number of para-hydroxylation sites is 1. The minimum absolute atomic E-state index is 0. The van der Waals surface area contributed by atoms with Crippen LogP contribution in [0.3, 0.4) is 0 Å². The molecule has 1 aromatic carbocycles. The molecule has 0 fully saturated rings. The fraction of sp³-hybridized carbons (Fsp3) is 0.471. The van der Waals surface area contributed by atoms with Gasteiger partial charge in [0.15, 0.2) is 5.96 Å². The van der Waals surface area contributed by atoms with E-state index in [1.807, 2.05) is 0 Å². The first kappa shape index (κ1) is 19.8. The van der Waals surface area contributed by atoms with Gasteiger partial charge in [0.25, 0.3) is 0 Å². The molecule has 128 valence electrons. The number of aryl methyl sites for hydroxylation is 1. The molecule has 0 saturated carbocycles. The molecular formula is C17H27IN4O. The van der Waals surface area contributed by atoms with E-state index in [0.717, 1.165) is 38.5 Å². The lowest BCUT2D eigenvalue weighted by atomic mass is 10.1. The van der Waals surface area contributed by atoms with Gasteiger partial charge in [0, 0.05) is 50.5 Å². The van der Waals surface area contributed by atoms with Crippen LogP contribution in [0.2, 0.25) is 0 Å². The Morgan fingerprint density at radius 1 is 1.22 bits per heavy atom. The van der Waals surface area contributed by atoms with E-state index in [4.69, 9.17) is 4.74 Å². The number of benzene rings is 1. The van der Waals surface area contributed by atoms with Crippen molar-refractivity contribution in [1.82, 2.24) is 15.6 Å². The number of aliphatic imine (C=N–C) groups is 1. The van der Waals surface area contributed by atoms with E-state index < -0.39 is 0 Å². The first-order chi connectivity index (χ1) is 10.8. The lowest BCUT2D eigenvalue weighted by molar-refractivity contribution is 0.195. The summed E-state index contributed by atoms with van der Waals surface area (Å²) in [5.41, 5.74) is 3.82. The fourth-order valence-electron chi connectivity index (χ4n) is 2.61. The zero-order valence-electron chi connectivity index (χ0n) is 14.1. The maximum Gasteiger partial charge on any atom is 0.190 e. The summed E-state index contributed by atoms with van der Waals surface area (Å²) in [5.74, 6) is 0.841. The van der Waals surface area contributed by atoms with Gasteiger partial charge in [0.05, 0.1) is 0 Å². The second-order valence-electron chi connectivity index (χ2n) is 5.30. The topological polar surface area (TPSA) is 61.4 Å². The molecule has 0 aliphatic rings. The van der Waals surface area contributed by atoms with Crippen molar-refractivity contribution >= 4 is 40.8 Å². The predicted octanol–water partition coefficient (Wildman–Crippen LogP) is 2.84. The highest BCUT2D eigenvalue weighted by atomic mass is 127. The molecule has 0 aliphatic carbocycles. The molecule has 0 radical (unpaired) electrons. The Morgan fingerprint density at radius 3 is 2.70 bits per heavy atom. The predicted molar refractivity (Wildman–Crippen MR) is 108 cm³/mol. The fourth-order valence-corrected chi connectivity index (χ4v) is 2.61. The summed E-state index contributed by atoms with van der Waals surface area (Å²) >= 11 is 0. The van der Waals surface area contributed by atoms with Crippen LogP contribution >= 0.6 is 24.0 Å². The molecule has 5 nitrogen and oxygen atoms in total. The number of aromatic amines is 1. The molecule has 6 heteroatoms. The summed E-state index contributed by atoms with van der Waals surface area (Å²) in [7, 11) is 3.51. The maximum atomic E-state index is 5.04. The number of rotatable bonds is 7. The van der Waals surface area contributed by atoms with Crippen LogP contribution in [0, 0.1) is 6.92 Å². The lowest BCUT2D eigenvalue weighted by Crippen LogP contribution is -2.39. The van der Waals surface area contributed by atoms with Crippen molar-refractivity contribution < 1.29 is 4.74 Å². The Bertz CT molecular complexity index is 624. The van der Waals surface area contributed by atoms with Crippen LogP contribution in [0.15, 0.2) is 29.3 Å². The minimum atomic E-state index is 0. The van der Waals surface area contributed by atoms with E-state index >= 15 is 0 Å². The largest absolute Gasteiger partial charge is 0.385 e. The highest BCUT2D eigenvalue weighted by molar-refractivity contribution is 14.0. The van der Waals surface area contributed by atoms with E-state index in [-0.39, 0.29) is 24.0 Å². The quantitative estimate of drug-likeness (QED) is 0.274. The molecule has 1 heterocycles. The van der Waals surface area contributed by atoms with Crippen molar-refractivity contribution in [3.63, 3.8) is 0 Å². The summed E-state index contributed by atoms with van der Waals surface area (Å²) in [6.07, 6.45) is 1.94. The molecule has 0 bridgehead atoms. The lowest BCUT2D eigenvalue weighted by Gasteiger charge is -2.11. The van der Waals surface area contributed by atoms with Crippen LogP contribution in [-0.2, 0) is 11.2 Å². The van der Waals surface area contributed by atoms with Gasteiger partial charge in [-0.3, -0.25) is 4.99 Å². The van der Waals surface area contributed by atoms with Crippen molar-refractivity contribution in [1.29, 1.82) is 0 Å². The number of halogens is 1. The van der Waals surface area contributed by atoms with Crippen LogP contribution in [0.5, 0.6) is 0 Å². The number of guanidine groups is 1. The number of nitrogens with one attached hydrogen (secondary N) is 3. The van der Waals surface area contributed by atoms with Gasteiger partial charge in [-0.05, 0) is 31.4 Å². The van der Waals surface area contributed by atoms with Gasteiger partial charge in [-0.15, -0.1) is 24.0 Å². The van der Waals surface area contributed by atoms with Gasteiger partial charge >= 0.3 is 0 Å². The minimum Gasteiger partial charge on any atom is -0.385 e. The monoisotopic (exact) mass is 430 g/mol. The number of hydrogen-bond acceptors (Lipinski definition) is 2. The zero-order chi connectivity index (χ0) is 15.8. The molecule has 23 heavy (non-hydrogen) atoms. The average molecular weight is 430 g/mol. The van der Waals surface area contributed by atoms with E-state index in [1.54, 1.807) is 14.2 Å². The molecule has 1 aromatic heterocycles. The highest BCUT2D eigenvalue weighted by Crippen LogP contribution is 2.21. The summed E-state index contributed by atoms with van der Waals surface area (Å²) in [4.78, 5) is 7.68. The standard InChI is InChI=1S/C17H26N4O.HI/c1-13-14(15-7-4-5-8-16(15)21-13)9-11-20-17(18-2)19-10-6-12-22-3;/h4-5,7-8,21H,6,9-12H2,1-3H3,(H2,18,19,20);1H. The van der Waals surface area contributed by atoms with Crippen LogP contribution in [0.25, 0.3) is 10.9 Å². The highest BCUT2D eigenvalue weighted by Gasteiger charge is 2.07. The van der Waals surface area contributed by atoms with Crippen molar-refractivity contribution in [2.75, 3.05) is 33.9 Å². The first-order valence-corrected chi connectivity index (χ1v) is 7.76. The number of nitrogens with zero attached hydrogens (tertiary/aromatic N) is 1. The Morgan fingerprint density at radius 2 is 1.96 bits per heavy atom. The molecule has 2 rings (SSSR count). The normalized spacial score (nSPS) is 11.3.